The van der Waals surface area contributed by atoms with Gasteiger partial charge in [-0.05, 0) is 24.3 Å². The van der Waals surface area contributed by atoms with Crippen LogP contribution in [0.1, 0.15) is 11.7 Å². The first-order valence-corrected chi connectivity index (χ1v) is 6.19. The van der Waals surface area contributed by atoms with E-state index >= 15 is 0 Å². The normalized spacial score (nSPS) is 11.6. The van der Waals surface area contributed by atoms with Crippen molar-refractivity contribution in [2.24, 2.45) is 0 Å². The highest BCUT2D eigenvalue weighted by atomic mass is 16.4. The summed E-state index contributed by atoms with van der Waals surface area (Å²) in [6.45, 7) is 1.58. The zero-order chi connectivity index (χ0) is 13.0. The predicted molar refractivity (Wildman–Crippen MR) is 73.3 cm³/mol. The number of nitrogens with zero attached hydrogens (tertiary/aromatic N) is 1. The van der Waals surface area contributed by atoms with E-state index in [4.69, 9.17) is 4.42 Å². The highest BCUT2D eigenvalue weighted by molar-refractivity contribution is 5.99. The van der Waals surface area contributed by atoms with Crippen molar-refractivity contribution in [3.63, 3.8) is 0 Å². The van der Waals surface area contributed by atoms with E-state index in [0.717, 1.165) is 32.6 Å². The van der Waals surface area contributed by atoms with E-state index in [9.17, 15) is 4.79 Å². The maximum atomic E-state index is 12.1. The van der Waals surface area contributed by atoms with Crippen LogP contribution in [0.4, 0.5) is 0 Å². The minimum Gasteiger partial charge on any atom is -0.448 e. The molecule has 2 aromatic rings. The maximum Gasteiger partial charge on any atom is 0.228 e. The molecule has 0 spiro atoms. The summed E-state index contributed by atoms with van der Waals surface area (Å²) in [5.41, 5.74) is 3.52. The van der Waals surface area contributed by atoms with E-state index in [1.54, 1.807) is 11.5 Å². The van der Waals surface area contributed by atoms with Crippen LogP contribution in [0.5, 0.6) is 0 Å². The Balaban J connectivity index is 2.44. The summed E-state index contributed by atoms with van der Waals surface area (Å²) in [7, 11) is 0. The molecule has 0 unspecified atom stereocenters. The highest BCUT2D eigenvalue weighted by Crippen LogP contribution is 2.27. The van der Waals surface area contributed by atoms with Crippen LogP contribution in [0.15, 0.2) is 52.9 Å². The van der Waals surface area contributed by atoms with Gasteiger partial charge in [0.1, 0.15) is 0 Å². The van der Waals surface area contributed by atoms with Crippen molar-refractivity contribution >= 4 is 27.7 Å². The van der Waals surface area contributed by atoms with Gasteiger partial charge in [-0.25, -0.2) is 0 Å². The first kappa shape index (κ1) is 10.4. The van der Waals surface area contributed by atoms with Gasteiger partial charge in [-0.15, -0.1) is 0 Å². The molecule has 0 aromatic heterocycles. The third-order valence-electron chi connectivity index (χ3n) is 3.46. The lowest BCUT2D eigenvalue weighted by molar-refractivity contribution is 0.0946. The van der Waals surface area contributed by atoms with Crippen LogP contribution >= 0.6 is 0 Å². The van der Waals surface area contributed by atoms with Crippen LogP contribution in [0, 0.1) is 10.8 Å². The molecule has 0 atom stereocenters. The summed E-state index contributed by atoms with van der Waals surface area (Å²) < 4.78 is 7.38. The van der Waals surface area contributed by atoms with Crippen LogP contribution in [0.3, 0.4) is 0 Å². The van der Waals surface area contributed by atoms with Gasteiger partial charge in [-0.1, -0.05) is 24.3 Å². The van der Waals surface area contributed by atoms with E-state index < -0.39 is 0 Å². The molecule has 3 heteroatoms. The van der Waals surface area contributed by atoms with Crippen LogP contribution in [-0.4, -0.2) is 10.5 Å². The predicted octanol–water partition coefficient (Wildman–Crippen LogP) is 3.77. The van der Waals surface area contributed by atoms with Crippen LogP contribution in [0.25, 0.3) is 21.8 Å². The number of aromatic nitrogens is 1. The molecular weight excluding hydrogens is 238 g/mol. The molecule has 3 nitrogen and oxygen atoms in total. The Hall–Kier alpha value is -2.55. The Morgan fingerprint density at radius 3 is 1.84 bits per heavy atom. The summed E-state index contributed by atoms with van der Waals surface area (Å²) in [6, 6.07) is 15.7. The molecule has 19 heavy (non-hydrogen) atoms. The number of hydrogen-bond donors (Lipinski definition) is 0. The summed E-state index contributed by atoms with van der Waals surface area (Å²) >= 11 is 0. The van der Waals surface area contributed by atoms with Gasteiger partial charge in [0.25, 0.3) is 0 Å². The molecule has 0 N–H and O–H groups in total. The quantitative estimate of drug-likeness (QED) is 0.475. The Labute approximate surface area is 108 Å². The molecule has 0 bridgehead atoms. The lowest BCUT2D eigenvalue weighted by atomic mass is 10.2. The van der Waals surface area contributed by atoms with Crippen molar-refractivity contribution in [3.05, 3.63) is 59.4 Å². The minimum atomic E-state index is 0.00222. The average Bonchev–Trinajstić information content (AvgIpc) is 3.19. The molecule has 0 saturated heterocycles. The molecule has 0 aliphatic carbocycles. The van der Waals surface area contributed by atoms with E-state index in [2.05, 4.69) is 0 Å². The number of para-hydroxylation sites is 2. The summed E-state index contributed by atoms with van der Waals surface area (Å²) in [5, 5.41) is 1.95. The van der Waals surface area contributed by atoms with Gasteiger partial charge in [0.2, 0.25) is 5.91 Å². The Morgan fingerprint density at radius 2 is 1.37 bits per heavy atom. The zero-order valence-electron chi connectivity index (χ0n) is 10.4. The number of carbonyl (C=O) groups excluding carboxylic acids is 1. The Kier molecular flexibility index (Phi) is 1.90. The van der Waals surface area contributed by atoms with Gasteiger partial charge in [-0.2, -0.15) is 0 Å². The number of benzene rings is 2. The lowest BCUT2D eigenvalue weighted by Gasteiger charge is -2.06. The lowest BCUT2D eigenvalue weighted by Crippen LogP contribution is -2.06. The van der Waals surface area contributed by atoms with Crippen molar-refractivity contribution in [2.45, 2.75) is 6.92 Å². The van der Waals surface area contributed by atoms with Gasteiger partial charge >= 0.3 is 0 Å². The van der Waals surface area contributed by atoms with E-state index in [1.165, 1.54) is 0 Å². The van der Waals surface area contributed by atoms with Gasteiger partial charge in [0.15, 0.2) is 10.8 Å². The van der Waals surface area contributed by atoms with E-state index in [0.29, 0.717) is 0 Å². The molecule has 4 rings (SSSR count). The molecule has 2 aromatic carbocycles. The Bertz CT molecular complexity index is 919. The molecular formula is C16H11NO2. The van der Waals surface area contributed by atoms with Crippen LogP contribution < -0.4 is 0 Å². The van der Waals surface area contributed by atoms with Gasteiger partial charge in [0, 0.05) is 17.7 Å². The molecule has 2 heterocycles. The second-order valence-electron chi connectivity index (χ2n) is 4.65. The first-order chi connectivity index (χ1) is 9.27. The first-order valence-electron chi connectivity index (χ1n) is 6.19. The fourth-order valence-corrected chi connectivity index (χ4v) is 2.62. The van der Waals surface area contributed by atoms with Crippen molar-refractivity contribution in [1.82, 2.24) is 4.57 Å². The smallest absolute Gasteiger partial charge is 0.228 e. The highest BCUT2D eigenvalue weighted by Gasteiger charge is 2.15. The fraction of sp³-hybridized carbons (Fsp3) is 0.0625. The van der Waals surface area contributed by atoms with Gasteiger partial charge < -0.3 is 4.42 Å². The number of rotatable bonds is 0. The SMILES string of the molecule is CC(=O)n1c2ccccc2c2oc=2c2ccccc21. The fourth-order valence-electron chi connectivity index (χ4n) is 2.62. The summed E-state index contributed by atoms with van der Waals surface area (Å²) in [5.74, 6) is 0.00222. The van der Waals surface area contributed by atoms with Crippen molar-refractivity contribution < 1.29 is 9.21 Å². The second kappa shape index (κ2) is 3.48. The maximum absolute atomic E-state index is 12.1. The summed E-state index contributed by atoms with van der Waals surface area (Å²) in [6.07, 6.45) is 0. The molecule has 2 aliphatic rings. The van der Waals surface area contributed by atoms with Crippen LogP contribution in [-0.2, 0) is 0 Å². The zero-order valence-corrected chi connectivity index (χ0v) is 10.4. The molecule has 2 aliphatic heterocycles. The second-order valence-corrected chi connectivity index (χ2v) is 4.65. The molecule has 0 fully saturated rings. The summed E-state index contributed by atoms with van der Waals surface area (Å²) in [4.78, 5) is 12.1. The number of hydrogen-bond acceptors (Lipinski definition) is 2. The standard InChI is InChI=1S/C16H11NO2/c1-10(18)17-13-8-4-2-6-11(13)15-16(19-15)12-7-3-5-9-14(12)17/h2-9H,1H3. The molecule has 92 valence electrons. The third kappa shape index (κ3) is 1.35. The van der Waals surface area contributed by atoms with E-state index in [-0.39, 0.29) is 5.91 Å². The minimum absolute atomic E-state index is 0.00222. The van der Waals surface area contributed by atoms with Crippen molar-refractivity contribution in [3.8, 4) is 0 Å². The van der Waals surface area contributed by atoms with E-state index in [1.807, 2.05) is 48.5 Å². The van der Waals surface area contributed by atoms with Crippen molar-refractivity contribution in [1.29, 1.82) is 0 Å². The number of fused-ring (bicyclic) bond motifs is 4. The molecule has 0 radical (unpaired) electrons. The van der Waals surface area contributed by atoms with Crippen molar-refractivity contribution in [2.75, 3.05) is 0 Å². The largest absolute Gasteiger partial charge is 0.448 e. The average molecular weight is 249 g/mol. The van der Waals surface area contributed by atoms with Crippen LogP contribution in [0.2, 0.25) is 0 Å². The van der Waals surface area contributed by atoms with Gasteiger partial charge in [0.05, 0.1) is 11.0 Å². The number of carbonyl (C=O) groups is 1. The molecule has 0 amide bonds. The van der Waals surface area contributed by atoms with Gasteiger partial charge in [-0.3, -0.25) is 9.36 Å². The molecule has 0 saturated carbocycles. The Morgan fingerprint density at radius 1 is 0.895 bits per heavy atom. The third-order valence-corrected chi connectivity index (χ3v) is 3.46. The monoisotopic (exact) mass is 249 g/mol. The topological polar surface area (TPSA) is 35.1 Å².